The maximum atomic E-state index is 12.6. The van der Waals surface area contributed by atoms with Gasteiger partial charge < -0.3 is 5.32 Å². The fourth-order valence-corrected chi connectivity index (χ4v) is 3.03. The van der Waals surface area contributed by atoms with Crippen molar-refractivity contribution in [1.29, 1.82) is 0 Å². The molecule has 118 valence electrons. The third kappa shape index (κ3) is 2.63. The van der Waals surface area contributed by atoms with Gasteiger partial charge in [0, 0.05) is 18.0 Å². The number of hydrogen-bond acceptors (Lipinski definition) is 4. The summed E-state index contributed by atoms with van der Waals surface area (Å²) >= 11 is 0. The molecule has 3 rings (SSSR count). The van der Waals surface area contributed by atoms with Crippen LogP contribution in [-0.2, 0) is 4.79 Å². The Hall–Kier alpha value is -2.88. The number of hydrogen-bond donors (Lipinski definition) is 2. The lowest BCUT2D eigenvalue weighted by Crippen LogP contribution is -2.50. The van der Waals surface area contributed by atoms with Gasteiger partial charge in [-0.3, -0.25) is 20.0 Å². The van der Waals surface area contributed by atoms with E-state index >= 15 is 0 Å². The molecule has 0 radical (unpaired) electrons. The van der Waals surface area contributed by atoms with Gasteiger partial charge in [0.25, 0.3) is 11.8 Å². The smallest absolute Gasteiger partial charge is 0.322 e. The van der Waals surface area contributed by atoms with Gasteiger partial charge >= 0.3 is 6.03 Å². The quantitative estimate of drug-likeness (QED) is 0.628. The third-order valence-corrected chi connectivity index (χ3v) is 4.25. The van der Waals surface area contributed by atoms with Crippen LogP contribution < -0.4 is 10.7 Å². The Balaban J connectivity index is 1.77. The van der Waals surface area contributed by atoms with Crippen LogP contribution in [0.3, 0.4) is 0 Å². The van der Waals surface area contributed by atoms with Crippen molar-refractivity contribution in [2.75, 3.05) is 0 Å². The van der Waals surface area contributed by atoms with E-state index in [0.29, 0.717) is 18.4 Å². The summed E-state index contributed by atoms with van der Waals surface area (Å²) < 4.78 is 0. The van der Waals surface area contributed by atoms with Crippen molar-refractivity contribution < 1.29 is 14.4 Å². The molecule has 7 heteroatoms. The second kappa shape index (κ2) is 5.72. The van der Waals surface area contributed by atoms with E-state index < -0.39 is 23.4 Å². The molecule has 1 saturated heterocycles. The fourth-order valence-electron chi connectivity index (χ4n) is 3.03. The first-order valence-corrected chi connectivity index (χ1v) is 7.45. The van der Waals surface area contributed by atoms with E-state index in [4.69, 9.17) is 6.42 Å². The van der Waals surface area contributed by atoms with E-state index in [1.54, 1.807) is 0 Å². The molecule has 1 spiro atoms. The second-order valence-corrected chi connectivity index (χ2v) is 5.76. The zero-order chi connectivity index (χ0) is 16.4. The first-order valence-electron chi connectivity index (χ1n) is 7.45. The van der Waals surface area contributed by atoms with Gasteiger partial charge in [0.15, 0.2) is 0 Å². The molecular weight excluding hydrogens is 296 g/mol. The van der Waals surface area contributed by atoms with Gasteiger partial charge in [0.1, 0.15) is 5.54 Å². The summed E-state index contributed by atoms with van der Waals surface area (Å²) in [7, 11) is 0. The lowest BCUT2D eigenvalue weighted by atomic mass is 9.82. The Bertz CT molecular complexity index is 716. The highest BCUT2D eigenvalue weighted by atomic mass is 16.2. The first-order chi connectivity index (χ1) is 11.1. The summed E-state index contributed by atoms with van der Waals surface area (Å²) in [6.07, 6.45) is 12.0. The monoisotopic (exact) mass is 312 g/mol. The van der Waals surface area contributed by atoms with Crippen molar-refractivity contribution in [1.82, 2.24) is 20.7 Å². The molecule has 4 amide bonds. The number of hydrazine groups is 1. The van der Waals surface area contributed by atoms with Crippen molar-refractivity contribution >= 4 is 17.8 Å². The molecule has 0 atom stereocenters. The highest BCUT2D eigenvalue weighted by Crippen LogP contribution is 2.33. The minimum Gasteiger partial charge on any atom is -0.322 e. The Kier molecular flexibility index (Phi) is 3.74. The summed E-state index contributed by atoms with van der Waals surface area (Å²) in [5.74, 6) is 1.37. The van der Waals surface area contributed by atoms with Crippen LogP contribution in [0.5, 0.6) is 0 Å². The molecule has 1 aliphatic heterocycles. The van der Waals surface area contributed by atoms with E-state index in [1.807, 2.05) is 0 Å². The number of pyridine rings is 1. The average molecular weight is 312 g/mol. The van der Waals surface area contributed by atoms with Crippen LogP contribution in [0.2, 0.25) is 0 Å². The topological polar surface area (TPSA) is 91.4 Å². The molecular formula is C16H16N4O3. The number of nitrogens with one attached hydrogen (secondary N) is 2. The number of carbonyl (C=O) groups excluding carboxylic acids is 3. The summed E-state index contributed by atoms with van der Waals surface area (Å²) in [6, 6.07) is 0.864. The fraction of sp³-hybridized carbons (Fsp3) is 0.375. The van der Waals surface area contributed by atoms with Gasteiger partial charge in [-0.05, 0) is 18.9 Å². The third-order valence-electron chi connectivity index (χ3n) is 4.25. The van der Waals surface area contributed by atoms with E-state index in [1.165, 1.54) is 18.5 Å². The molecule has 1 aromatic rings. The van der Waals surface area contributed by atoms with Crippen molar-refractivity contribution in [3.05, 3.63) is 29.6 Å². The highest BCUT2D eigenvalue weighted by molar-refractivity contribution is 6.09. The number of carbonyl (C=O) groups is 3. The highest BCUT2D eigenvalue weighted by Gasteiger charge is 2.52. The Morgan fingerprint density at radius 2 is 2.04 bits per heavy atom. The average Bonchev–Trinajstić information content (AvgIpc) is 2.79. The molecule has 1 aliphatic carbocycles. The molecule has 2 fully saturated rings. The molecule has 7 nitrogen and oxygen atoms in total. The number of rotatable bonds is 2. The number of urea groups is 1. The standard InChI is InChI=1S/C16H16N4O3/c1-2-11-8-12(10-17-9-11)13(21)19-20-14(22)16(18-15(20)23)6-4-3-5-7-16/h1,8-10H,3-7H2,(H,18,23)(H,19,21). The van der Waals surface area contributed by atoms with Gasteiger partial charge in [-0.15, -0.1) is 6.42 Å². The number of nitrogens with zero attached hydrogens (tertiary/aromatic N) is 2. The maximum absolute atomic E-state index is 12.6. The van der Waals surface area contributed by atoms with Gasteiger partial charge in [-0.2, -0.15) is 5.01 Å². The molecule has 23 heavy (non-hydrogen) atoms. The Labute approximate surface area is 133 Å². The minimum absolute atomic E-state index is 0.186. The summed E-state index contributed by atoms with van der Waals surface area (Å²) in [4.78, 5) is 40.7. The maximum Gasteiger partial charge on any atom is 0.344 e. The van der Waals surface area contributed by atoms with Gasteiger partial charge in [0.05, 0.1) is 5.56 Å². The summed E-state index contributed by atoms with van der Waals surface area (Å²) in [6.45, 7) is 0. The second-order valence-electron chi connectivity index (χ2n) is 5.76. The normalized spacial score (nSPS) is 19.3. The summed E-state index contributed by atoms with van der Waals surface area (Å²) in [5.41, 5.74) is 2.10. The van der Waals surface area contributed by atoms with Gasteiger partial charge in [0.2, 0.25) is 0 Å². The lowest BCUT2D eigenvalue weighted by Gasteiger charge is -2.30. The van der Waals surface area contributed by atoms with Crippen LogP contribution in [0.25, 0.3) is 0 Å². The van der Waals surface area contributed by atoms with Crippen molar-refractivity contribution in [3.8, 4) is 12.3 Å². The molecule has 2 aliphatic rings. The zero-order valence-electron chi connectivity index (χ0n) is 12.5. The first kappa shape index (κ1) is 15.0. The molecule has 2 heterocycles. The van der Waals surface area contributed by atoms with Crippen LogP contribution in [0.4, 0.5) is 4.79 Å². The molecule has 1 aromatic heterocycles. The lowest BCUT2D eigenvalue weighted by molar-refractivity contribution is -0.134. The number of amides is 4. The van der Waals surface area contributed by atoms with Crippen LogP contribution in [0.1, 0.15) is 48.0 Å². The molecule has 0 aromatic carbocycles. The number of terminal acetylenes is 1. The molecule has 0 unspecified atom stereocenters. The van der Waals surface area contributed by atoms with Crippen LogP contribution in [0, 0.1) is 12.3 Å². The summed E-state index contributed by atoms with van der Waals surface area (Å²) in [5, 5.41) is 3.48. The minimum atomic E-state index is -0.873. The van der Waals surface area contributed by atoms with Gasteiger partial charge in [-0.25, -0.2) is 4.79 Å². The van der Waals surface area contributed by atoms with Crippen LogP contribution >= 0.6 is 0 Å². The number of imide groups is 1. The van der Waals surface area contributed by atoms with E-state index in [9.17, 15) is 14.4 Å². The molecule has 0 bridgehead atoms. The predicted molar refractivity (Wildman–Crippen MR) is 80.8 cm³/mol. The Morgan fingerprint density at radius 1 is 1.30 bits per heavy atom. The van der Waals surface area contributed by atoms with Crippen molar-refractivity contribution in [2.45, 2.75) is 37.6 Å². The van der Waals surface area contributed by atoms with Gasteiger partial charge in [-0.1, -0.05) is 25.2 Å². The van der Waals surface area contributed by atoms with E-state index in [2.05, 4.69) is 21.6 Å². The SMILES string of the molecule is C#Cc1cncc(C(=O)NN2C(=O)NC3(CCCCC3)C2=O)c1. The van der Waals surface area contributed by atoms with Crippen molar-refractivity contribution in [2.24, 2.45) is 0 Å². The van der Waals surface area contributed by atoms with Crippen LogP contribution in [-0.4, -0.2) is 33.4 Å². The van der Waals surface area contributed by atoms with E-state index in [0.717, 1.165) is 24.3 Å². The largest absolute Gasteiger partial charge is 0.344 e. The van der Waals surface area contributed by atoms with Crippen molar-refractivity contribution in [3.63, 3.8) is 0 Å². The Morgan fingerprint density at radius 3 is 2.74 bits per heavy atom. The zero-order valence-corrected chi connectivity index (χ0v) is 12.5. The predicted octanol–water partition coefficient (Wildman–Crippen LogP) is 0.962. The van der Waals surface area contributed by atoms with E-state index in [-0.39, 0.29) is 5.56 Å². The number of aromatic nitrogens is 1. The molecule has 1 saturated carbocycles. The van der Waals surface area contributed by atoms with Crippen LogP contribution in [0.15, 0.2) is 18.5 Å². The molecule has 2 N–H and O–H groups in total.